The minimum Gasteiger partial charge on any atom is -0.497 e. The zero-order chi connectivity index (χ0) is 18.6. The quantitative estimate of drug-likeness (QED) is 0.629. The summed E-state index contributed by atoms with van der Waals surface area (Å²) in [5.41, 5.74) is -0.134. The molecule has 9 nitrogen and oxygen atoms in total. The van der Waals surface area contributed by atoms with E-state index in [1.54, 1.807) is 18.2 Å². The first kappa shape index (κ1) is 18.0. The molecule has 0 spiro atoms. The molecule has 0 aliphatic rings. The molecule has 1 aromatic heterocycles. The SMILES string of the molecule is COc1ccc(OC)c(NC(=O)Cn2cc([N+](=O)[O-])c(C)cc2=O)c1. The monoisotopic (exact) mass is 347 g/mol. The van der Waals surface area contributed by atoms with Gasteiger partial charge in [-0.3, -0.25) is 24.3 Å². The predicted octanol–water partition coefficient (Wildman–Crippen LogP) is 1.72. The zero-order valence-corrected chi connectivity index (χ0v) is 13.9. The number of nitrogens with one attached hydrogen (secondary N) is 1. The van der Waals surface area contributed by atoms with E-state index in [0.29, 0.717) is 17.2 Å². The topological polar surface area (TPSA) is 113 Å². The van der Waals surface area contributed by atoms with Gasteiger partial charge in [-0.05, 0) is 19.1 Å². The summed E-state index contributed by atoms with van der Waals surface area (Å²) >= 11 is 0. The smallest absolute Gasteiger partial charge is 0.288 e. The maximum atomic E-state index is 12.2. The van der Waals surface area contributed by atoms with Crippen molar-refractivity contribution in [1.29, 1.82) is 0 Å². The molecular formula is C16H17N3O6. The Balaban J connectivity index is 2.25. The molecule has 1 amide bonds. The number of aromatic nitrogens is 1. The zero-order valence-electron chi connectivity index (χ0n) is 13.9. The van der Waals surface area contributed by atoms with Gasteiger partial charge in [-0.2, -0.15) is 0 Å². The molecule has 0 radical (unpaired) electrons. The fourth-order valence-corrected chi connectivity index (χ4v) is 2.23. The van der Waals surface area contributed by atoms with E-state index in [1.165, 1.54) is 21.1 Å². The molecular weight excluding hydrogens is 330 g/mol. The third-order valence-electron chi connectivity index (χ3n) is 3.50. The van der Waals surface area contributed by atoms with Crippen LogP contribution in [0.15, 0.2) is 35.3 Å². The van der Waals surface area contributed by atoms with Gasteiger partial charge in [0.1, 0.15) is 18.0 Å². The lowest BCUT2D eigenvalue weighted by Crippen LogP contribution is -2.27. The molecule has 0 aliphatic heterocycles. The van der Waals surface area contributed by atoms with Gasteiger partial charge < -0.3 is 14.8 Å². The fraction of sp³-hybridized carbons (Fsp3) is 0.250. The number of nitro groups is 1. The van der Waals surface area contributed by atoms with Crippen molar-refractivity contribution in [2.45, 2.75) is 13.5 Å². The van der Waals surface area contributed by atoms with Crippen molar-refractivity contribution < 1.29 is 19.2 Å². The first-order valence-electron chi connectivity index (χ1n) is 7.23. The molecule has 132 valence electrons. The van der Waals surface area contributed by atoms with Crippen LogP contribution in [0.4, 0.5) is 11.4 Å². The summed E-state index contributed by atoms with van der Waals surface area (Å²) in [6.45, 7) is 1.09. The van der Waals surface area contributed by atoms with Gasteiger partial charge in [0.2, 0.25) is 5.91 Å². The summed E-state index contributed by atoms with van der Waals surface area (Å²) in [4.78, 5) is 34.5. The number of anilines is 1. The summed E-state index contributed by atoms with van der Waals surface area (Å²) in [5, 5.41) is 13.6. The molecule has 0 fully saturated rings. The number of pyridine rings is 1. The number of rotatable bonds is 6. The Morgan fingerprint density at radius 3 is 2.60 bits per heavy atom. The predicted molar refractivity (Wildman–Crippen MR) is 90.3 cm³/mol. The highest BCUT2D eigenvalue weighted by Crippen LogP contribution is 2.28. The van der Waals surface area contributed by atoms with E-state index >= 15 is 0 Å². The van der Waals surface area contributed by atoms with Crippen LogP contribution >= 0.6 is 0 Å². The second kappa shape index (κ2) is 7.47. The minimum atomic E-state index is -0.603. The van der Waals surface area contributed by atoms with Gasteiger partial charge in [0.25, 0.3) is 11.2 Å². The molecule has 9 heteroatoms. The molecule has 1 N–H and O–H groups in total. The lowest BCUT2D eigenvalue weighted by Gasteiger charge is -2.12. The highest BCUT2D eigenvalue weighted by Gasteiger charge is 2.16. The van der Waals surface area contributed by atoms with E-state index < -0.39 is 16.4 Å². The van der Waals surface area contributed by atoms with E-state index in [-0.39, 0.29) is 17.8 Å². The molecule has 2 rings (SSSR count). The Morgan fingerprint density at radius 2 is 2.00 bits per heavy atom. The van der Waals surface area contributed by atoms with E-state index in [0.717, 1.165) is 16.8 Å². The summed E-state index contributed by atoms with van der Waals surface area (Å²) in [6, 6.07) is 5.98. The maximum absolute atomic E-state index is 12.2. The van der Waals surface area contributed by atoms with E-state index in [9.17, 15) is 19.7 Å². The molecule has 1 heterocycles. The second-order valence-corrected chi connectivity index (χ2v) is 5.18. The second-order valence-electron chi connectivity index (χ2n) is 5.18. The number of amides is 1. The number of carbonyl (C=O) groups excluding carboxylic acids is 1. The number of carbonyl (C=O) groups is 1. The van der Waals surface area contributed by atoms with Crippen molar-refractivity contribution in [3.63, 3.8) is 0 Å². The Bertz CT molecular complexity index is 875. The number of hydrogen-bond acceptors (Lipinski definition) is 6. The highest BCUT2D eigenvalue weighted by molar-refractivity contribution is 5.92. The van der Waals surface area contributed by atoms with Crippen LogP contribution in [0.3, 0.4) is 0 Å². The van der Waals surface area contributed by atoms with E-state index in [4.69, 9.17) is 9.47 Å². The molecule has 25 heavy (non-hydrogen) atoms. The molecule has 0 atom stereocenters. The summed E-state index contributed by atoms with van der Waals surface area (Å²) in [6.07, 6.45) is 1.06. The molecule has 0 saturated carbocycles. The molecule has 2 aromatic rings. The van der Waals surface area contributed by atoms with Crippen molar-refractivity contribution in [3.8, 4) is 11.5 Å². The number of hydrogen-bond donors (Lipinski definition) is 1. The van der Waals surface area contributed by atoms with Crippen molar-refractivity contribution >= 4 is 17.3 Å². The lowest BCUT2D eigenvalue weighted by molar-refractivity contribution is -0.385. The number of benzene rings is 1. The van der Waals surface area contributed by atoms with Crippen LogP contribution in [0.25, 0.3) is 0 Å². The van der Waals surface area contributed by atoms with Crippen LogP contribution in [0.1, 0.15) is 5.56 Å². The van der Waals surface area contributed by atoms with Crippen LogP contribution in [0.2, 0.25) is 0 Å². The Labute approximate surface area is 142 Å². The van der Waals surface area contributed by atoms with Crippen LogP contribution in [-0.2, 0) is 11.3 Å². The summed E-state index contributed by atoms with van der Waals surface area (Å²) in [7, 11) is 2.93. The largest absolute Gasteiger partial charge is 0.497 e. The van der Waals surface area contributed by atoms with Gasteiger partial charge in [0.05, 0.1) is 31.0 Å². The molecule has 1 aromatic carbocycles. The number of aryl methyl sites for hydroxylation is 1. The van der Waals surface area contributed by atoms with Gasteiger partial charge >= 0.3 is 0 Å². The van der Waals surface area contributed by atoms with E-state index in [1.807, 2.05) is 0 Å². The minimum absolute atomic E-state index is 0.230. The first-order chi connectivity index (χ1) is 11.8. The van der Waals surface area contributed by atoms with Gasteiger partial charge in [0, 0.05) is 17.7 Å². The summed E-state index contributed by atoms with van der Waals surface area (Å²) < 4.78 is 11.2. The fourth-order valence-electron chi connectivity index (χ4n) is 2.23. The average Bonchev–Trinajstić information content (AvgIpc) is 2.56. The molecule has 0 aliphatic carbocycles. The molecule has 0 saturated heterocycles. The van der Waals surface area contributed by atoms with Crippen molar-refractivity contribution in [3.05, 3.63) is 56.5 Å². The lowest BCUT2D eigenvalue weighted by atomic mass is 10.2. The van der Waals surface area contributed by atoms with Gasteiger partial charge in [-0.15, -0.1) is 0 Å². The normalized spacial score (nSPS) is 10.2. The van der Waals surface area contributed by atoms with Crippen LogP contribution in [0.5, 0.6) is 11.5 Å². The van der Waals surface area contributed by atoms with Gasteiger partial charge in [-0.1, -0.05) is 0 Å². The van der Waals surface area contributed by atoms with Gasteiger partial charge in [-0.25, -0.2) is 0 Å². The summed E-state index contributed by atoms with van der Waals surface area (Å²) in [5.74, 6) is 0.391. The third-order valence-corrected chi connectivity index (χ3v) is 3.50. The highest BCUT2D eigenvalue weighted by atomic mass is 16.6. The Hall–Kier alpha value is -3.36. The number of nitrogens with zero attached hydrogens (tertiary/aromatic N) is 2. The first-order valence-corrected chi connectivity index (χ1v) is 7.23. The molecule has 0 unspecified atom stereocenters. The van der Waals surface area contributed by atoms with Gasteiger partial charge in [0.15, 0.2) is 0 Å². The van der Waals surface area contributed by atoms with Crippen molar-refractivity contribution in [2.24, 2.45) is 0 Å². The van der Waals surface area contributed by atoms with Crippen molar-refractivity contribution in [1.82, 2.24) is 4.57 Å². The molecule has 0 bridgehead atoms. The van der Waals surface area contributed by atoms with Crippen LogP contribution in [-0.4, -0.2) is 29.6 Å². The Morgan fingerprint density at radius 1 is 1.28 bits per heavy atom. The standard InChI is InChI=1S/C16H17N3O6/c1-10-6-16(21)18(8-13(10)19(22)23)9-15(20)17-12-7-11(24-2)4-5-14(12)25-3/h4-8H,9H2,1-3H3,(H,17,20). The number of methoxy groups -OCH3 is 2. The third kappa shape index (κ3) is 4.14. The van der Waals surface area contributed by atoms with E-state index in [2.05, 4.69) is 5.32 Å². The number of ether oxygens (including phenoxy) is 2. The Kier molecular flexibility index (Phi) is 5.38. The average molecular weight is 347 g/mol. The maximum Gasteiger partial charge on any atom is 0.288 e. The van der Waals surface area contributed by atoms with Crippen LogP contribution < -0.4 is 20.3 Å². The van der Waals surface area contributed by atoms with Crippen molar-refractivity contribution in [2.75, 3.05) is 19.5 Å². The van der Waals surface area contributed by atoms with Crippen LogP contribution in [0, 0.1) is 17.0 Å².